The first-order valence-electron chi connectivity index (χ1n) is 8.46. The zero-order valence-electron chi connectivity index (χ0n) is 13.7. The lowest BCUT2D eigenvalue weighted by Gasteiger charge is -2.29. The van der Waals surface area contributed by atoms with Crippen molar-refractivity contribution < 1.29 is 9.53 Å². The van der Waals surface area contributed by atoms with E-state index in [0.717, 1.165) is 31.4 Å². The van der Waals surface area contributed by atoms with Crippen LogP contribution in [0.5, 0.6) is 5.75 Å². The number of amides is 1. The van der Waals surface area contributed by atoms with Gasteiger partial charge < -0.3 is 10.1 Å². The van der Waals surface area contributed by atoms with Gasteiger partial charge in [-0.15, -0.1) is 10.2 Å². The molecule has 2 heterocycles. The molecule has 1 aliphatic carbocycles. The third kappa shape index (κ3) is 3.60. The van der Waals surface area contributed by atoms with Crippen LogP contribution in [-0.2, 0) is 0 Å². The Morgan fingerprint density at radius 1 is 1.16 bits per heavy atom. The van der Waals surface area contributed by atoms with E-state index in [0.29, 0.717) is 11.3 Å². The van der Waals surface area contributed by atoms with Crippen molar-refractivity contribution >= 4 is 11.6 Å². The highest BCUT2D eigenvalue weighted by Crippen LogP contribution is 2.23. The van der Waals surface area contributed by atoms with Crippen LogP contribution in [0.4, 0.5) is 0 Å². The van der Waals surface area contributed by atoms with Crippen molar-refractivity contribution in [2.45, 2.75) is 37.8 Å². The number of benzene rings is 1. The van der Waals surface area contributed by atoms with Gasteiger partial charge >= 0.3 is 0 Å². The van der Waals surface area contributed by atoms with Crippen molar-refractivity contribution in [3.05, 3.63) is 54.7 Å². The van der Waals surface area contributed by atoms with Gasteiger partial charge in [0.2, 0.25) is 0 Å². The van der Waals surface area contributed by atoms with Crippen LogP contribution in [0, 0.1) is 0 Å². The summed E-state index contributed by atoms with van der Waals surface area (Å²) in [4.78, 5) is 16.5. The third-order valence-corrected chi connectivity index (χ3v) is 4.47. The Bertz CT molecular complexity index is 856. The predicted octanol–water partition coefficient (Wildman–Crippen LogP) is 2.24. The number of hydrogen-bond donors (Lipinski definition) is 1. The van der Waals surface area contributed by atoms with Crippen LogP contribution >= 0.6 is 0 Å². The number of nitrogens with one attached hydrogen (secondary N) is 1. The zero-order chi connectivity index (χ0) is 17.1. The number of ether oxygens (including phenoxy) is 1. The van der Waals surface area contributed by atoms with Crippen molar-refractivity contribution in [3.63, 3.8) is 0 Å². The van der Waals surface area contributed by atoms with Crippen molar-refractivity contribution in [2.75, 3.05) is 0 Å². The predicted molar refractivity (Wildman–Crippen MR) is 91.4 cm³/mol. The third-order valence-electron chi connectivity index (χ3n) is 4.47. The molecule has 25 heavy (non-hydrogen) atoms. The average molecular weight is 337 g/mol. The van der Waals surface area contributed by atoms with E-state index in [4.69, 9.17) is 4.74 Å². The standard InChI is InChI=1S/C18H19N5O2/c24-18(16-11-23-12-20-22-17(23)10-19-16)21-13-6-8-15(9-7-13)25-14-4-2-1-3-5-14/h1-5,10-13,15H,6-9H2,(H,21,24). The highest BCUT2D eigenvalue weighted by molar-refractivity contribution is 5.92. The minimum absolute atomic E-state index is 0.154. The second-order valence-corrected chi connectivity index (χ2v) is 6.25. The van der Waals surface area contributed by atoms with Gasteiger partial charge in [0.25, 0.3) is 5.91 Å². The fourth-order valence-corrected chi connectivity index (χ4v) is 3.13. The van der Waals surface area contributed by atoms with Crippen molar-refractivity contribution in [3.8, 4) is 5.75 Å². The van der Waals surface area contributed by atoms with Crippen LogP contribution in [0.2, 0.25) is 0 Å². The lowest BCUT2D eigenvalue weighted by Crippen LogP contribution is -2.40. The summed E-state index contributed by atoms with van der Waals surface area (Å²) in [5.41, 5.74) is 0.991. The number of carbonyl (C=O) groups excluding carboxylic acids is 1. The van der Waals surface area contributed by atoms with Gasteiger partial charge in [0.15, 0.2) is 5.65 Å². The van der Waals surface area contributed by atoms with Crippen LogP contribution in [0.15, 0.2) is 49.1 Å². The number of nitrogens with zero attached hydrogens (tertiary/aromatic N) is 4. The molecule has 7 heteroatoms. The molecule has 1 aliphatic rings. The summed E-state index contributed by atoms with van der Waals surface area (Å²) in [6, 6.07) is 10.0. The molecule has 7 nitrogen and oxygen atoms in total. The number of aromatic nitrogens is 4. The maximum Gasteiger partial charge on any atom is 0.271 e. The fraction of sp³-hybridized carbons (Fsp3) is 0.333. The van der Waals surface area contributed by atoms with E-state index in [1.165, 1.54) is 0 Å². The first kappa shape index (κ1) is 15.6. The van der Waals surface area contributed by atoms with Gasteiger partial charge in [0.1, 0.15) is 17.8 Å². The second kappa shape index (κ2) is 6.88. The topological polar surface area (TPSA) is 81.4 Å². The molecular weight excluding hydrogens is 318 g/mol. The maximum atomic E-state index is 12.4. The van der Waals surface area contributed by atoms with E-state index < -0.39 is 0 Å². The van der Waals surface area contributed by atoms with Crippen LogP contribution in [-0.4, -0.2) is 37.6 Å². The number of fused-ring (bicyclic) bond motifs is 1. The van der Waals surface area contributed by atoms with Gasteiger partial charge in [-0.3, -0.25) is 9.20 Å². The molecule has 0 saturated heterocycles. The average Bonchev–Trinajstić information content (AvgIpc) is 3.12. The molecule has 1 amide bonds. The monoisotopic (exact) mass is 337 g/mol. The summed E-state index contributed by atoms with van der Waals surface area (Å²) in [5, 5.41) is 10.7. The molecule has 3 aromatic rings. The van der Waals surface area contributed by atoms with Crippen LogP contribution in [0.3, 0.4) is 0 Å². The van der Waals surface area contributed by atoms with E-state index in [1.54, 1.807) is 23.1 Å². The second-order valence-electron chi connectivity index (χ2n) is 6.25. The molecule has 0 radical (unpaired) electrons. The lowest BCUT2D eigenvalue weighted by molar-refractivity contribution is 0.0888. The zero-order valence-corrected chi connectivity index (χ0v) is 13.7. The van der Waals surface area contributed by atoms with Crippen molar-refractivity contribution in [1.82, 2.24) is 24.9 Å². The number of carbonyl (C=O) groups is 1. The molecule has 4 rings (SSSR count). The Labute approximate surface area is 145 Å². The SMILES string of the molecule is O=C(NC1CCC(Oc2ccccc2)CC1)c1cn2cnnc2cn1. The van der Waals surface area contributed by atoms with Crippen LogP contribution in [0.1, 0.15) is 36.2 Å². The Morgan fingerprint density at radius 2 is 1.96 bits per heavy atom. The van der Waals surface area contributed by atoms with Gasteiger partial charge in [-0.05, 0) is 37.8 Å². The fourth-order valence-electron chi connectivity index (χ4n) is 3.13. The summed E-state index contributed by atoms with van der Waals surface area (Å²) in [5.74, 6) is 0.740. The van der Waals surface area contributed by atoms with Gasteiger partial charge in [-0.2, -0.15) is 0 Å². The van der Waals surface area contributed by atoms with E-state index in [2.05, 4.69) is 20.5 Å². The normalized spacial score (nSPS) is 20.3. The molecule has 1 aromatic carbocycles. The first-order chi connectivity index (χ1) is 12.3. The molecule has 1 saturated carbocycles. The summed E-state index contributed by atoms with van der Waals surface area (Å²) in [7, 11) is 0. The quantitative estimate of drug-likeness (QED) is 0.789. The Morgan fingerprint density at radius 3 is 2.76 bits per heavy atom. The highest BCUT2D eigenvalue weighted by atomic mass is 16.5. The van der Waals surface area contributed by atoms with Crippen LogP contribution < -0.4 is 10.1 Å². The molecule has 1 fully saturated rings. The van der Waals surface area contributed by atoms with Crippen molar-refractivity contribution in [2.24, 2.45) is 0 Å². The van der Waals surface area contributed by atoms with Gasteiger partial charge in [0, 0.05) is 12.2 Å². The Kier molecular flexibility index (Phi) is 4.28. The van der Waals surface area contributed by atoms with Gasteiger partial charge in [0.05, 0.1) is 12.3 Å². The summed E-state index contributed by atoms with van der Waals surface area (Å²) in [6.45, 7) is 0. The maximum absolute atomic E-state index is 12.4. The molecule has 0 spiro atoms. The molecular formula is C18H19N5O2. The summed E-state index contributed by atoms with van der Waals surface area (Å²) >= 11 is 0. The summed E-state index contributed by atoms with van der Waals surface area (Å²) < 4.78 is 7.68. The molecule has 0 unspecified atom stereocenters. The highest BCUT2D eigenvalue weighted by Gasteiger charge is 2.24. The van der Waals surface area contributed by atoms with E-state index >= 15 is 0 Å². The smallest absolute Gasteiger partial charge is 0.271 e. The molecule has 0 bridgehead atoms. The Hall–Kier alpha value is -2.96. The molecule has 0 atom stereocenters. The minimum atomic E-state index is -0.164. The largest absolute Gasteiger partial charge is 0.490 e. The number of rotatable bonds is 4. The minimum Gasteiger partial charge on any atom is -0.490 e. The van der Waals surface area contributed by atoms with Crippen LogP contribution in [0.25, 0.3) is 5.65 Å². The summed E-state index contributed by atoms with van der Waals surface area (Å²) in [6.07, 6.45) is 8.62. The number of hydrogen-bond acceptors (Lipinski definition) is 5. The van der Waals surface area contributed by atoms with Gasteiger partial charge in [-0.1, -0.05) is 18.2 Å². The first-order valence-corrected chi connectivity index (χ1v) is 8.46. The van der Waals surface area contributed by atoms with E-state index in [9.17, 15) is 4.79 Å². The number of para-hydroxylation sites is 1. The van der Waals surface area contributed by atoms with E-state index in [-0.39, 0.29) is 18.1 Å². The molecule has 0 aliphatic heterocycles. The lowest BCUT2D eigenvalue weighted by atomic mass is 9.93. The van der Waals surface area contributed by atoms with Gasteiger partial charge in [-0.25, -0.2) is 4.98 Å². The Balaban J connectivity index is 1.31. The van der Waals surface area contributed by atoms with Crippen molar-refractivity contribution in [1.29, 1.82) is 0 Å². The van der Waals surface area contributed by atoms with E-state index in [1.807, 2.05) is 30.3 Å². The molecule has 2 aromatic heterocycles. The molecule has 128 valence electrons. The molecule has 1 N–H and O–H groups in total.